The van der Waals surface area contributed by atoms with Gasteiger partial charge in [0.2, 0.25) is 0 Å². The molecule has 0 spiro atoms. The monoisotopic (exact) mass is 525 g/mol. The third-order valence-electron chi connectivity index (χ3n) is 8.93. The molecule has 6 aromatic carbocycles. The van der Waals surface area contributed by atoms with Crippen molar-refractivity contribution in [2.75, 3.05) is 4.90 Å². The summed E-state index contributed by atoms with van der Waals surface area (Å²) in [5, 5.41) is 5.17. The number of fused-ring (bicyclic) bond motifs is 3. The van der Waals surface area contributed by atoms with Gasteiger partial charge in [0.25, 0.3) is 0 Å². The molecule has 6 aromatic rings. The molecule has 0 N–H and O–H groups in total. The lowest BCUT2D eigenvalue weighted by Gasteiger charge is -2.31. The zero-order valence-electron chi connectivity index (χ0n) is 23.0. The van der Waals surface area contributed by atoms with Crippen LogP contribution in [0.5, 0.6) is 0 Å². The highest BCUT2D eigenvalue weighted by atomic mass is 15.2. The smallest absolute Gasteiger partial charge is 0.0595 e. The minimum absolute atomic E-state index is 0.341. The Morgan fingerprint density at radius 3 is 1.80 bits per heavy atom. The first kappa shape index (κ1) is 24.0. The first-order chi connectivity index (χ1) is 20.3. The first-order valence-corrected chi connectivity index (χ1v) is 14.7. The van der Waals surface area contributed by atoms with E-state index >= 15 is 0 Å². The van der Waals surface area contributed by atoms with E-state index in [1.807, 2.05) is 0 Å². The third kappa shape index (κ3) is 4.35. The van der Waals surface area contributed by atoms with Gasteiger partial charge in [-0.25, -0.2) is 0 Å². The van der Waals surface area contributed by atoms with Crippen molar-refractivity contribution >= 4 is 38.5 Å². The summed E-state index contributed by atoms with van der Waals surface area (Å²) in [5.41, 5.74) is 10.8. The summed E-state index contributed by atoms with van der Waals surface area (Å²) in [6, 6.07) is 49.3. The zero-order valence-corrected chi connectivity index (χ0v) is 23.0. The molecular formula is C40H31N. The molecule has 0 fully saturated rings. The highest BCUT2D eigenvalue weighted by Crippen LogP contribution is 2.43. The topological polar surface area (TPSA) is 3.24 Å². The van der Waals surface area contributed by atoms with E-state index in [1.54, 1.807) is 0 Å². The Bertz CT molecular complexity index is 1970. The highest BCUT2D eigenvalue weighted by molar-refractivity contribution is 5.88. The summed E-state index contributed by atoms with van der Waals surface area (Å²) < 4.78 is 0. The van der Waals surface area contributed by atoms with Crippen LogP contribution in [0.2, 0.25) is 0 Å². The van der Waals surface area contributed by atoms with E-state index in [-0.39, 0.29) is 0 Å². The van der Waals surface area contributed by atoms with Crippen molar-refractivity contribution in [1.82, 2.24) is 0 Å². The van der Waals surface area contributed by atoms with Crippen LogP contribution in [0.25, 0.3) is 38.2 Å². The molecule has 41 heavy (non-hydrogen) atoms. The molecule has 1 atom stereocenters. The van der Waals surface area contributed by atoms with Gasteiger partial charge in [0, 0.05) is 11.4 Å². The average molecular weight is 526 g/mol. The molecule has 0 unspecified atom stereocenters. The van der Waals surface area contributed by atoms with Crippen LogP contribution in [0, 0.1) is 0 Å². The molecule has 0 saturated heterocycles. The van der Waals surface area contributed by atoms with Crippen molar-refractivity contribution in [2.24, 2.45) is 0 Å². The number of hydrogen-bond donors (Lipinski definition) is 0. The molecule has 1 heterocycles. The minimum atomic E-state index is 0.341. The van der Waals surface area contributed by atoms with Gasteiger partial charge in [0.15, 0.2) is 0 Å². The van der Waals surface area contributed by atoms with Gasteiger partial charge in [0.05, 0.1) is 6.04 Å². The average Bonchev–Trinajstić information content (AvgIpc) is 3.44. The fourth-order valence-electron chi connectivity index (χ4n) is 6.75. The third-order valence-corrected chi connectivity index (χ3v) is 8.93. The van der Waals surface area contributed by atoms with Crippen LogP contribution in [0.4, 0.5) is 11.4 Å². The summed E-state index contributed by atoms with van der Waals surface area (Å²) in [6.07, 6.45) is 7.98. The largest absolute Gasteiger partial charge is 0.334 e. The molecular weight excluding hydrogens is 494 g/mol. The maximum Gasteiger partial charge on any atom is 0.0595 e. The Morgan fingerprint density at radius 1 is 0.488 bits per heavy atom. The van der Waals surface area contributed by atoms with E-state index in [1.165, 1.54) is 66.3 Å². The number of para-hydroxylation sites is 1. The van der Waals surface area contributed by atoms with E-state index in [0.29, 0.717) is 6.04 Å². The predicted molar refractivity (Wildman–Crippen MR) is 175 cm³/mol. The zero-order chi connectivity index (χ0) is 27.2. The molecule has 8 rings (SSSR count). The molecule has 1 aliphatic carbocycles. The van der Waals surface area contributed by atoms with Gasteiger partial charge in [-0.05, 0) is 105 Å². The second-order valence-corrected chi connectivity index (χ2v) is 11.3. The molecule has 2 aliphatic rings. The first-order valence-electron chi connectivity index (χ1n) is 14.7. The Kier molecular flexibility index (Phi) is 5.81. The van der Waals surface area contributed by atoms with E-state index < -0.39 is 0 Å². The molecule has 1 heteroatoms. The fourth-order valence-corrected chi connectivity index (χ4v) is 6.75. The van der Waals surface area contributed by atoms with E-state index in [4.69, 9.17) is 0 Å². The van der Waals surface area contributed by atoms with Crippen molar-refractivity contribution < 1.29 is 0 Å². The Balaban J connectivity index is 1.12. The molecule has 196 valence electrons. The van der Waals surface area contributed by atoms with Gasteiger partial charge >= 0.3 is 0 Å². The normalized spacial score (nSPS) is 16.5. The Morgan fingerprint density at radius 2 is 1.10 bits per heavy atom. The van der Waals surface area contributed by atoms with E-state index in [9.17, 15) is 0 Å². The van der Waals surface area contributed by atoms with Gasteiger partial charge in [-0.2, -0.15) is 0 Å². The van der Waals surface area contributed by atoms with Crippen molar-refractivity contribution in [1.29, 1.82) is 0 Å². The second-order valence-electron chi connectivity index (χ2n) is 11.3. The number of allylic oxidation sites excluding steroid dienone is 3. The summed E-state index contributed by atoms with van der Waals surface area (Å²) >= 11 is 0. The molecule has 0 aromatic heterocycles. The van der Waals surface area contributed by atoms with Crippen LogP contribution in [-0.2, 0) is 6.42 Å². The van der Waals surface area contributed by atoms with E-state index in [2.05, 4.69) is 151 Å². The number of benzene rings is 6. The molecule has 0 saturated carbocycles. The SMILES string of the molecule is C1=C(c2ccc3ccccc3c2)CCC([C@@H]2Cc3ccccc3N2c2ccc(-c3ccc4ccccc4c3)cc2)=C1. The lowest BCUT2D eigenvalue weighted by Crippen LogP contribution is -2.30. The number of rotatable bonds is 4. The van der Waals surface area contributed by atoms with Crippen molar-refractivity contribution in [3.63, 3.8) is 0 Å². The van der Waals surface area contributed by atoms with Gasteiger partial charge in [-0.3, -0.25) is 0 Å². The fraction of sp³-hybridized carbons (Fsp3) is 0.100. The predicted octanol–water partition coefficient (Wildman–Crippen LogP) is 10.5. The van der Waals surface area contributed by atoms with Crippen molar-refractivity contribution in [3.8, 4) is 11.1 Å². The molecule has 1 aliphatic heterocycles. The number of hydrogen-bond acceptors (Lipinski definition) is 1. The van der Waals surface area contributed by atoms with Gasteiger partial charge in [-0.15, -0.1) is 0 Å². The summed E-state index contributed by atoms with van der Waals surface area (Å²) in [5.74, 6) is 0. The molecule has 1 nitrogen and oxygen atoms in total. The van der Waals surface area contributed by atoms with Crippen LogP contribution in [0.15, 0.2) is 151 Å². The van der Waals surface area contributed by atoms with Crippen LogP contribution in [0.1, 0.15) is 24.0 Å². The van der Waals surface area contributed by atoms with Gasteiger partial charge < -0.3 is 4.90 Å². The summed E-state index contributed by atoms with van der Waals surface area (Å²) in [6.45, 7) is 0. The number of anilines is 2. The van der Waals surface area contributed by atoms with Crippen LogP contribution in [0.3, 0.4) is 0 Å². The maximum absolute atomic E-state index is 2.57. The molecule has 0 bridgehead atoms. The van der Waals surface area contributed by atoms with Crippen LogP contribution >= 0.6 is 0 Å². The maximum atomic E-state index is 2.57. The quantitative estimate of drug-likeness (QED) is 0.221. The van der Waals surface area contributed by atoms with Crippen molar-refractivity contribution in [3.05, 3.63) is 162 Å². The summed E-state index contributed by atoms with van der Waals surface area (Å²) in [7, 11) is 0. The Hall–Kier alpha value is -4.88. The summed E-state index contributed by atoms with van der Waals surface area (Å²) in [4.78, 5) is 2.57. The lowest BCUT2D eigenvalue weighted by molar-refractivity contribution is 0.735. The molecule has 0 radical (unpaired) electrons. The van der Waals surface area contributed by atoms with Gasteiger partial charge in [0.1, 0.15) is 0 Å². The second kappa shape index (κ2) is 9.94. The molecule has 0 amide bonds. The van der Waals surface area contributed by atoms with E-state index in [0.717, 1.165) is 19.3 Å². The van der Waals surface area contributed by atoms with Gasteiger partial charge in [-0.1, -0.05) is 115 Å². The van der Waals surface area contributed by atoms with Crippen LogP contribution in [-0.4, -0.2) is 6.04 Å². The Labute approximate surface area is 241 Å². The lowest BCUT2D eigenvalue weighted by atomic mass is 9.88. The van der Waals surface area contributed by atoms with Crippen LogP contribution < -0.4 is 4.90 Å². The highest BCUT2D eigenvalue weighted by Gasteiger charge is 2.33. The minimum Gasteiger partial charge on any atom is -0.334 e. The standard InChI is InChI=1S/C40H31N/c1-3-9-33-25-35(19-15-28(33)7-1)30-13-17-32(18-14-30)40-27-37-11-5-6-12-39(37)41(40)38-23-21-31(22-24-38)36-20-16-29-8-2-4-10-34(29)26-36/h1-13,15-17,19-26,40H,14,18,27H2/t40-/m0/s1. The van der Waals surface area contributed by atoms with Crippen molar-refractivity contribution in [2.45, 2.75) is 25.3 Å². The number of nitrogens with zero attached hydrogens (tertiary/aromatic N) is 1.